The van der Waals surface area contributed by atoms with E-state index in [-0.39, 0.29) is 5.69 Å². The number of esters is 1. The number of unbranched alkanes of at least 4 members (excludes halogenated alkanes) is 1. The van der Waals surface area contributed by atoms with Gasteiger partial charge in [0.25, 0.3) is 0 Å². The molecule has 1 unspecified atom stereocenters. The molecule has 1 atom stereocenters. The lowest BCUT2D eigenvalue weighted by Crippen LogP contribution is -2.29. The number of hydrogen-bond acceptors (Lipinski definition) is 6. The Morgan fingerprint density at radius 3 is 2.74 bits per heavy atom. The molecule has 1 rings (SSSR count). The molecule has 0 aromatic carbocycles. The van der Waals surface area contributed by atoms with Crippen LogP contribution in [0.1, 0.15) is 41.6 Å². The van der Waals surface area contributed by atoms with Gasteiger partial charge in [-0.25, -0.2) is 14.6 Å². The Kier molecular flexibility index (Phi) is 5.75. The van der Waals surface area contributed by atoms with E-state index in [0.717, 1.165) is 12.8 Å². The average molecular weight is 286 g/mol. The maximum absolute atomic E-state index is 11.4. The SMILES string of the molecule is CCCCC(Nc1nc(C(=O)OC)c(C)s1)C(=O)O. The highest BCUT2D eigenvalue weighted by atomic mass is 32.1. The lowest BCUT2D eigenvalue weighted by Gasteiger charge is -2.12. The number of aryl methyl sites for hydroxylation is 1. The van der Waals surface area contributed by atoms with Gasteiger partial charge in [-0.15, -0.1) is 11.3 Å². The van der Waals surface area contributed by atoms with Crippen molar-refractivity contribution in [3.63, 3.8) is 0 Å². The Morgan fingerprint density at radius 1 is 1.53 bits per heavy atom. The number of carboxylic acid groups (broad SMARTS) is 1. The zero-order valence-electron chi connectivity index (χ0n) is 11.2. The van der Waals surface area contributed by atoms with Crippen molar-refractivity contribution in [2.24, 2.45) is 0 Å². The molecule has 2 N–H and O–H groups in total. The number of nitrogens with zero attached hydrogens (tertiary/aromatic N) is 1. The van der Waals surface area contributed by atoms with Crippen molar-refractivity contribution in [2.45, 2.75) is 39.2 Å². The van der Waals surface area contributed by atoms with Crippen molar-refractivity contribution in [1.29, 1.82) is 0 Å². The molecule has 0 fully saturated rings. The molecular weight excluding hydrogens is 268 g/mol. The molecule has 1 heterocycles. The van der Waals surface area contributed by atoms with Crippen LogP contribution in [0, 0.1) is 6.92 Å². The van der Waals surface area contributed by atoms with Crippen LogP contribution in [0.2, 0.25) is 0 Å². The summed E-state index contributed by atoms with van der Waals surface area (Å²) in [7, 11) is 1.29. The number of nitrogens with one attached hydrogen (secondary N) is 1. The van der Waals surface area contributed by atoms with Crippen molar-refractivity contribution in [3.05, 3.63) is 10.6 Å². The molecule has 19 heavy (non-hydrogen) atoms. The first kappa shape index (κ1) is 15.4. The normalized spacial score (nSPS) is 11.9. The van der Waals surface area contributed by atoms with E-state index in [2.05, 4.69) is 15.0 Å². The number of rotatable bonds is 7. The summed E-state index contributed by atoms with van der Waals surface area (Å²) in [6.45, 7) is 3.75. The standard InChI is InChI=1S/C12H18N2O4S/c1-4-5-6-8(10(15)16)13-12-14-9(7(2)19-12)11(17)18-3/h8H,4-6H2,1-3H3,(H,13,14)(H,15,16). The van der Waals surface area contributed by atoms with Crippen LogP contribution in [0.25, 0.3) is 0 Å². The minimum atomic E-state index is -0.916. The van der Waals surface area contributed by atoms with Crippen LogP contribution < -0.4 is 5.32 Å². The molecule has 0 radical (unpaired) electrons. The van der Waals surface area contributed by atoms with Crippen LogP contribution in [0.5, 0.6) is 0 Å². The fourth-order valence-corrected chi connectivity index (χ4v) is 2.41. The summed E-state index contributed by atoms with van der Waals surface area (Å²) >= 11 is 1.25. The van der Waals surface area contributed by atoms with Crippen molar-refractivity contribution < 1.29 is 19.4 Å². The summed E-state index contributed by atoms with van der Waals surface area (Å²) in [5.41, 5.74) is 0.231. The minimum absolute atomic E-state index is 0.231. The molecule has 6 nitrogen and oxygen atoms in total. The molecule has 0 spiro atoms. The number of methoxy groups -OCH3 is 1. The van der Waals surface area contributed by atoms with E-state index >= 15 is 0 Å². The Morgan fingerprint density at radius 2 is 2.21 bits per heavy atom. The number of aliphatic carboxylic acids is 1. The Labute approximate surface area is 115 Å². The van der Waals surface area contributed by atoms with Crippen LogP contribution in [0.4, 0.5) is 5.13 Å². The second-order valence-electron chi connectivity index (χ2n) is 4.09. The van der Waals surface area contributed by atoms with E-state index in [4.69, 9.17) is 5.11 Å². The molecule has 1 aromatic rings. The lowest BCUT2D eigenvalue weighted by molar-refractivity contribution is -0.138. The van der Waals surface area contributed by atoms with E-state index in [9.17, 15) is 9.59 Å². The molecule has 0 amide bonds. The van der Waals surface area contributed by atoms with E-state index in [1.54, 1.807) is 6.92 Å². The molecule has 1 aromatic heterocycles. The number of anilines is 1. The van der Waals surface area contributed by atoms with E-state index in [1.807, 2.05) is 6.92 Å². The monoisotopic (exact) mass is 286 g/mol. The van der Waals surface area contributed by atoms with E-state index in [1.165, 1.54) is 18.4 Å². The highest BCUT2D eigenvalue weighted by Crippen LogP contribution is 2.24. The number of aromatic nitrogens is 1. The topological polar surface area (TPSA) is 88.5 Å². The summed E-state index contributed by atoms with van der Waals surface area (Å²) in [5, 5.41) is 12.4. The van der Waals surface area contributed by atoms with Crippen molar-refractivity contribution >= 4 is 28.4 Å². The number of thiazole rings is 1. The zero-order valence-corrected chi connectivity index (χ0v) is 12.0. The van der Waals surface area contributed by atoms with E-state index < -0.39 is 18.0 Å². The molecule has 0 aliphatic heterocycles. The van der Waals surface area contributed by atoms with Gasteiger partial charge in [0.1, 0.15) is 6.04 Å². The molecule has 0 bridgehead atoms. The Hall–Kier alpha value is -1.63. The van der Waals surface area contributed by atoms with Gasteiger partial charge >= 0.3 is 11.9 Å². The van der Waals surface area contributed by atoms with Gasteiger partial charge in [0.05, 0.1) is 7.11 Å². The summed E-state index contributed by atoms with van der Waals surface area (Å²) in [6.07, 6.45) is 2.27. The van der Waals surface area contributed by atoms with Gasteiger partial charge in [-0.2, -0.15) is 0 Å². The van der Waals surface area contributed by atoms with Crippen molar-refractivity contribution in [2.75, 3.05) is 12.4 Å². The third-order valence-corrected chi connectivity index (χ3v) is 3.52. The Balaban J connectivity index is 2.80. The number of ether oxygens (including phenoxy) is 1. The van der Waals surface area contributed by atoms with Crippen molar-refractivity contribution in [1.82, 2.24) is 4.98 Å². The minimum Gasteiger partial charge on any atom is -0.480 e. The predicted molar refractivity (Wildman–Crippen MR) is 72.8 cm³/mol. The Bertz CT molecular complexity index is 459. The summed E-state index contributed by atoms with van der Waals surface area (Å²) in [4.78, 5) is 27.3. The van der Waals surface area contributed by atoms with Gasteiger partial charge in [-0.3, -0.25) is 0 Å². The molecule has 0 aliphatic carbocycles. The molecule has 0 saturated carbocycles. The largest absolute Gasteiger partial charge is 0.480 e. The first-order valence-corrected chi connectivity index (χ1v) is 6.86. The third kappa shape index (κ3) is 4.20. The lowest BCUT2D eigenvalue weighted by atomic mass is 10.1. The maximum Gasteiger partial charge on any atom is 0.357 e. The van der Waals surface area contributed by atoms with Crippen LogP contribution in [-0.2, 0) is 9.53 Å². The molecular formula is C12H18N2O4S. The second-order valence-corrected chi connectivity index (χ2v) is 5.30. The highest BCUT2D eigenvalue weighted by molar-refractivity contribution is 7.15. The van der Waals surface area contributed by atoms with Gasteiger partial charge in [-0.1, -0.05) is 19.8 Å². The number of carboxylic acids is 1. The van der Waals surface area contributed by atoms with Crippen LogP contribution in [0.15, 0.2) is 0 Å². The van der Waals surface area contributed by atoms with E-state index in [0.29, 0.717) is 16.4 Å². The molecule has 7 heteroatoms. The smallest absolute Gasteiger partial charge is 0.357 e. The summed E-state index contributed by atoms with van der Waals surface area (Å²) < 4.78 is 4.61. The van der Waals surface area contributed by atoms with Gasteiger partial charge in [-0.05, 0) is 13.3 Å². The van der Waals surface area contributed by atoms with Gasteiger partial charge in [0.2, 0.25) is 0 Å². The number of hydrogen-bond donors (Lipinski definition) is 2. The second kappa shape index (κ2) is 7.08. The van der Waals surface area contributed by atoms with Crippen LogP contribution >= 0.6 is 11.3 Å². The average Bonchev–Trinajstić information content (AvgIpc) is 2.74. The van der Waals surface area contributed by atoms with Crippen molar-refractivity contribution in [3.8, 4) is 0 Å². The molecule has 0 aliphatic rings. The third-order valence-electron chi connectivity index (χ3n) is 2.62. The van der Waals surface area contributed by atoms with Crippen LogP contribution in [0.3, 0.4) is 0 Å². The van der Waals surface area contributed by atoms with Gasteiger partial charge < -0.3 is 15.2 Å². The number of carbonyl (C=O) groups excluding carboxylic acids is 1. The first-order chi connectivity index (χ1) is 8.99. The molecule has 0 saturated heterocycles. The number of carbonyl (C=O) groups is 2. The van der Waals surface area contributed by atoms with Gasteiger partial charge in [0.15, 0.2) is 10.8 Å². The quantitative estimate of drug-likeness (QED) is 0.748. The summed E-state index contributed by atoms with van der Waals surface area (Å²) in [5.74, 6) is -1.43. The zero-order chi connectivity index (χ0) is 14.4. The predicted octanol–water partition coefficient (Wildman–Crippen LogP) is 2.29. The van der Waals surface area contributed by atoms with Crippen LogP contribution in [-0.4, -0.2) is 35.2 Å². The highest BCUT2D eigenvalue weighted by Gasteiger charge is 2.21. The van der Waals surface area contributed by atoms with Gasteiger partial charge in [0, 0.05) is 4.88 Å². The first-order valence-electron chi connectivity index (χ1n) is 6.04. The summed E-state index contributed by atoms with van der Waals surface area (Å²) in [6, 6.07) is -0.684. The molecule has 106 valence electrons. The fraction of sp³-hybridized carbons (Fsp3) is 0.583. The fourth-order valence-electron chi connectivity index (χ4n) is 1.56. The maximum atomic E-state index is 11.4.